The van der Waals surface area contributed by atoms with Gasteiger partial charge in [-0.15, -0.1) is 11.3 Å². The van der Waals surface area contributed by atoms with Crippen molar-refractivity contribution in [3.8, 4) is 17.0 Å². The van der Waals surface area contributed by atoms with E-state index in [9.17, 15) is 8.42 Å². The molecular weight excluding hydrogens is 370 g/mol. The summed E-state index contributed by atoms with van der Waals surface area (Å²) in [6.07, 6.45) is 0. The van der Waals surface area contributed by atoms with Crippen LogP contribution in [0.4, 0.5) is 10.8 Å². The maximum Gasteiger partial charge on any atom is 0.267 e. The Morgan fingerprint density at radius 3 is 2.42 bits per heavy atom. The van der Waals surface area contributed by atoms with Crippen LogP contribution in [0.1, 0.15) is 11.1 Å². The SMILES string of the molecule is COc1cc(C)c(C)cc1S(=O)(=O)Nc1nc(-c2ccc(N)cc2)cs1. The lowest BCUT2D eigenvalue weighted by Crippen LogP contribution is -2.14. The second-order valence-corrected chi connectivity index (χ2v) is 8.36. The number of anilines is 2. The fourth-order valence-electron chi connectivity index (χ4n) is 2.41. The first-order valence-electron chi connectivity index (χ1n) is 7.79. The zero-order chi connectivity index (χ0) is 18.9. The summed E-state index contributed by atoms with van der Waals surface area (Å²) < 4.78 is 33.4. The fraction of sp³-hybridized carbons (Fsp3) is 0.167. The van der Waals surface area contributed by atoms with Gasteiger partial charge in [0, 0.05) is 16.6 Å². The van der Waals surface area contributed by atoms with E-state index in [0.29, 0.717) is 17.1 Å². The van der Waals surface area contributed by atoms with Gasteiger partial charge in [-0.25, -0.2) is 13.4 Å². The minimum Gasteiger partial charge on any atom is -0.495 e. The van der Waals surface area contributed by atoms with Crippen LogP contribution in [0.15, 0.2) is 46.7 Å². The first-order valence-corrected chi connectivity index (χ1v) is 10.2. The molecule has 3 rings (SSSR count). The van der Waals surface area contributed by atoms with Crippen LogP contribution in [0.3, 0.4) is 0 Å². The fourth-order valence-corrected chi connectivity index (χ4v) is 4.62. The second-order valence-electron chi connectivity index (χ2n) is 5.85. The van der Waals surface area contributed by atoms with E-state index in [0.717, 1.165) is 16.7 Å². The summed E-state index contributed by atoms with van der Waals surface area (Å²) in [5.74, 6) is 0.302. The lowest BCUT2D eigenvalue weighted by molar-refractivity contribution is 0.402. The zero-order valence-electron chi connectivity index (χ0n) is 14.6. The molecule has 0 unspecified atom stereocenters. The number of hydrogen-bond donors (Lipinski definition) is 2. The van der Waals surface area contributed by atoms with Crippen molar-refractivity contribution in [3.63, 3.8) is 0 Å². The van der Waals surface area contributed by atoms with Crippen LogP contribution in [0.5, 0.6) is 5.75 Å². The maximum atomic E-state index is 12.8. The molecule has 0 aliphatic rings. The van der Waals surface area contributed by atoms with Gasteiger partial charge >= 0.3 is 0 Å². The molecule has 0 aliphatic carbocycles. The van der Waals surface area contributed by atoms with E-state index >= 15 is 0 Å². The number of thiazole rings is 1. The molecule has 0 radical (unpaired) electrons. The number of rotatable bonds is 5. The Bertz CT molecular complexity index is 1040. The number of aryl methyl sites for hydroxylation is 2. The molecule has 1 heterocycles. The number of nitrogens with zero attached hydrogens (tertiary/aromatic N) is 1. The molecule has 0 fully saturated rings. The van der Waals surface area contributed by atoms with E-state index in [1.165, 1.54) is 18.4 Å². The van der Waals surface area contributed by atoms with Crippen molar-refractivity contribution >= 4 is 32.2 Å². The average Bonchev–Trinajstić information content (AvgIpc) is 3.05. The molecule has 0 saturated heterocycles. The Kier molecular flexibility index (Phi) is 4.88. The number of hydrogen-bond acceptors (Lipinski definition) is 6. The summed E-state index contributed by atoms with van der Waals surface area (Å²) in [6.45, 7) is 3.76. The smallest absolute Gasteiger partial charge is 0.267 e. The molecule has 3 N–H and O–H groups in total. The molecule has 2 aromatic carbocycles. The predicted molar refractivity (Wildman–Crippen MR) is 105 cm³/mol. The Labute approximate surface area is 156 Å². The van der Waals surface area contributed by atoms with Gasteiger partial charge in [0.2, 0.25) is 0 Å². The summed E-state index contributed by atoms with van der Waals surface area (Å²) >= 11 is 1.22. The van der Waals surface area contributed by atoms with Gasteiger partial charge in [0.15, 0.2) is 5.13 Å². The molecule has 1 aromatic heterocycles. The minimum absolute atomic E-state index is 0.0901. The molecular formula is C18H19N3O3S2. The lowest BCUT2D eigenvalue weighted by atomic mass is 10.1. The summed E-state index contributed by atoms with van der Waals surface area (Å²) in [5, 5.41) is 2.08. The van der Waals surface area contributed by atoms with E-state index in [4.69, 9.17) is 10.5 Å². The van der Waals surface area contributed by atoms with Crippen LogP contribution in [0.25, 0.3) is 11.3 Å². The van der Waals surface area contributed by atoms with Crippen molar-refractivity contribution in [3.05, 3.63) is 52.9 Å². The third kappa shape index (κ3) is 3.66. The molecule has 0 aliphatic heterocycles. The van der Waals surface area contributed by atoms with Crippen LogP contribution in [-0.4, -0.2) is 20.5 Å². The number of ether oxygens (including phenoxy) is 1. The first kappa shape index (κ1) is 18.2. The van der Waals surface area contributed by atoms with Gasteiger partial charge in [-0.3, -0.25) is 4.72 Å². The van der Waals surface area contributed by atoms with Gasteiger partial charge in [-0.1, -0.05) is 12.1 Å². The Balaban J connectivity index is 1.91. The van der Waals surface area contributed by atoms with Crippen molar-refractivity contribution in [1.82, 2.24) is 4.98 Å². The largest absolute Gasteiger partial charge is 0.495 e. The van der Waals surface area contributed by atoms with E-state index in [1.54, 1.807) is 29.6 Å². The molecule has 136 valence electrons. The number of nitrogens with one attached hydrogen (secondary N) is 1. The molecule has 0 atom stereocenters. The van der Waals surface area contributed by atoms with E-state index in [-0.39, 0.29) is 10.0 Å². The summed E-state index contributed by atoms with van der Waals surface area (Å²) in [4.78, 5) is 4.45. The van der Waals surface area contributed by atoms with Crippen molar-refractivity contribution in [2.75, 3.05) is 17.6 Å². The van der Waals surface area contributed by atoms with Crippen molar-refractivity contribution in [2.24, 2.45) is 0 Å². The average molecular weight is 390 g/mol. The number of methoxy groups -OCH3 is 1. The standard InChI is InChI=1S/C18H19N3O3S2/c1-11-8-16(24-3)17(9-12(11)2)26(22,23)21-18-20-15(10-25-18)13-4-6-14(19)7-5-13/h4-10H,19H2,1-3H3,(H,20,21). The Morgan fingerprint density at radius 1 is 1.12 bits per heavy atom. The highest BCUT2D eigenvalue weighted by Gasteiger charge is 2.22. The Morgan fingerprint density at radius 2 is 1.77 bits per heavy atom. The summed E-state index contributed by atoms with van der Waals surface area (Å²) in [6, 6.07) is 10.6. The number of nitrogens with two attached hydrogens (primary N) is 1. The number of benzene rings is 2. The lowest BCUT2D eigenvalue weighted by Gasteiger charge is -2.12. The topological polar surface area (TPSA) is 94.3 Å². The molecule has 0 saturated carbocycles. The highest BCUT2D eigenvalue weighted by Crippen LogP contribution is 2.31. The number of nitrogen functional groups attached to an aromatic ring is 1. The zero-order valence-corrected chi connectivity index (χ0v) is 16.2. The Hall–Kier alpha value is -2.58. The van der Waals surface area contributed by atoms with Crippen molar-refractivity contribution in [1.29, 1.82) is 0 Å². The predicted octanol–water partition coefficient (Wildman–Crippen LogP) is 3.82. The van der Waals surface area contributed by atoms with E-state index < -0.39 is 10.0 Å². The number of sulfonamides is 1. The number of aromatic nitrogens is 1. The first-order chi connectivity index (χ1) is 12.3. The van der Waals surface area contributed by atoms with Gasteiger partial charge < -0.3 is 10.5 Å². The second kappa shape index (κ2) is 6.97. The summed E-state index contributed by atoms with van der Waals surface area (Å²) in [5.41, 5.74) is 9.72. The molecule has 26 heavy (non-hydrogen) atoms. The highest BCUT2D eigenvalue weighted by molar-refractivity contribution is 7.93. The molecule has 8 heteroatoms. The molecule has 0 amide bonds. The third-order valence-electron chi connectivity index (χ3n) is 4.00. The van der Waals surface area contributed by atoms with E-state index in [1.807, 2.05) is 26.0 Å². The normalized spacial score (nSPS) is 11.3. The van der Waals surface area contributed by atoms with Crippen LogP contribution in [0, 0.1) is 13.8 Å². The van der Waals surface area contributed by atoms with Crippen LogP contribution >= 0.6 is 11.3 Å². The maximum absolute atomic E-state index is 12.8. The monoisotopic (exact) mass is 389 g/mol. The molecule has 3 aromatic rings. The quantitative estimate of drug-likeness (QED) is 0.647. The van der Waals surface area contributed by atoms with Crippen molar-refractivity contribution in [2.45, 2.75) is 18.7 Å². The molecule has 6 nitrogen and oxygen atoms in total. The van der Waals surface area contributed by atoms with Crippen LogP contribution in [-0.2, 0) is 10.0 Å². The summed E-state index contributed by atoms with van der Waals surface area (Å²) in [7, 11) is -2.37. The van der Waals surface area contributed by atoms with E-state index in [2.05, 4.69) is 9.71 Å². The van der Waals surface area contributed by atoms with Crippen LogP contribution < -0.4 is 15.2 Å². The van der Waals surface area contributed by atoms with Gasteiger partial charge in [0.1, 0.15) is 10.6 Å². The highest BCUT2D eigenvalue weighted by atomic mass is 32.2. The van der Waals surface area contributed by atoms with Gasteiger partial charge in [0.05, 0.1) is 12.8 Å². The van der Waals surface area contributed by atoms with Crippen molar-refractivity contribution < 1.29 is 13.2 Å². The molecule has 0 bridgehead atoms. The van der Waals surface area contributed by atoms with Crippen LogP contribution in [0.2, 0.25) is 0 Å². The minimum atomic E-state index is -3.82. The third-order valence-corrected chi connectivity index (χ3v) is 6.25. The van der Waals surface area contributed by atoms with Gasteiger partial charge in [-0.2, -0.15) is 0 Å². The van der Waals surface area contributed by atoms with Gasteiger partial charge in [0.25, 0.3) is 10.0 Å². The molecule has 0 spiro atoms. The van der Waals surface area contributed by atoms with Gasteiger partial charge in [-0.05, 0) is 49.2 Å².